The van der Waals surface area contributed by atoms with Gasteiger partial charge in [0.25, 0.3) is 5.91 Å². The minimum Gasteiger partial charge on any atom is -0.349 e. The van der Waals surface area contributed by atoms with Crippen LogP contribution in [0.25, 0.3) is 10.9 Å². The number of hydrogen-bond acceptors (Lipinski definition) is 4. The highest BCUT2D eigenvalue weighted by atomic mass is 16.1. The molecule has 0 unspecified atom stereocenters. The zero-order valence-corrected chi connectivity index (χ0v) is 13.9. The number of nitrogens with zero attached hydrogens (tertiary/aromatic N) is 2. The third-order valence-electron chi connectivity index (χ3n) is 5.19. The fourth-order valence-corrected chi connectivity index (χ4v) is 3.67. The first-order valence-electron chi connectivity index (χ1n) is 8.88. The van der Waals surface area contributed by atoms with Gasteiger partial charge in [0.15, 0.2) is 0 Å². The monoisotopic (exact) mass is 324 g/mol. The van der Waals surface area contributed by atoms with Gasteiger partial charge in [-0.25, -0.2) is 4.98 Å². The van der Waals surface area contributed by atoms with Crippen LogP contribution in [0.2, 0.25) is 0 Å². The summed E-state index contributed by atoms with van der Waals surface area (Å²) in [5.41, 5.74) is 1.37. The number of benzene rings is 1. The Morgan fingerprint density at radius 1 is 1.25 bits per heavy atom. The van der Waals surface area contributed by atoms with Crippen LogP contribution in [0.15, 0.2) is 36.4 Å². The van der Waals surface area contributed by atoms with Crippen molar-refractivity contribution in [1.29, 1.82) is 0 Å². The van der Waals surface area contributed by atoms with Crippen LogP contribution in [0.5, 0.6) is 0 Å². The number of carbonyl (C=O) groups is 1. The van der Waals surface area contributed by atoms with E-state index in [9.17, 15) is 4.79 Å². The van der Waals surface area contributed by atoms with Crippen LogP contribution in [0.3, 0.4) is 0 Å². The standard InChI is InChI=1S/C19H24N4O/c24-19(18-8-7-15-4-1-2-6-17(15)22-18)21-12-16-5-3-9-23(16)13-14-10-20-11-14/h1-2,4,6-8,14,16,20H,3,5,9-13H2,(H,21,24)/t16-/m0/s1. The van der Waals surface area contributed by atoms with E-state index < -0.39 is 0 Å². The number of carbonyl (C=O) groups excluding carboxylic acids is 1. The van der Waals surface area contributed by atoms with Gasteiger partial charge in [0.1, 0.15) is 5.69 Å². The number of nitrogens with one attached hydrogen (secondary N) is 2. The average molecular weight is 324 g/mol. The first-order valence-corrected chi connectivity index (χ1v) is 8.88. The molecule has 2 fully saturated rings. The Labute approximate surface area is 142 Å². The number of para-hydroxylation sites is 1. The number of pyridine rings is 1. The van der Waals surface area contributed by atoms with Crippen LogP contribution in [0, 0.1) is 5.92 Å². The summed E-state index contributed by atoms with van der Waals surface area (Å²) in [7, 11) is 0. The molecule has 2 saturated heterocycles. The van der Waals surface area contributed by atoms with E-state index in [2.05, 4.69) is 20.5 Å². The van der Waals surface area contributed by atoms with Gasteiger partial charge in [0.2, 0.25) is 0 Å². The van der Waals surface area contributed by atoms with Gasteiger partial charge in [-0.05, 0) is 37.4 Å². The van der Waals surface area contributed by atoms with Gasteiger partial charge in [-0.1, -0.05) is 24.3 Å². The molecule has 2 aromatic rings. The molecule has 2 aliphatic rings. The molecule has 0 aliphatic carbocycles. The van der Waals surface area contributed by atoms with E-state index in [0.717, 1.165) is 43.0 Å². The van der Waals surface area contributed by atoms with Gasteiger partial charge in [-0.3, -0.25) is 9.69 Å². The van der Waals surface area contributed by atoms with Gasteiger partial charge < -0.3 is 10.6 Å². The predicted octanol–water partition coefficient (Wildman–Crippen LogP) is 1.65. The minimum atomic E-state index is -0.0714. The second-order valence-electron chi connectivity index (χ2n) is 6.91. The molecule has 4 rings (SSSR count). The van der Waals surface area contributed by atoms with Gasteiger partial charge in [0.05, 0.1) is 5.52 Å². The van der Waals surface area contributed by atoms with Crippen molar-refractivity contribution in [1.82, 2.24) is 20.5 Å². The minimum absolute atomic E-state index is 0.0714. The molecule has 1 aromatic heterocycles. The van der Waals surface area contributed by atoms with Gasteiger partial charge in [-0.2, -0.15) is 0 Å². The topological polar surface area (TPSA) is 57.3 Å². The largest absolute Gasteiger partial charge is 0.349 e. The van der Waals surface area contributed by atoms with Crippen molar-refractivity contribution >= 4 is 16.8 Å². The highest BCUT2D eigenvalue weighted by Crippen LogP contribution is 2.19. The van der Waals surface area contributed by atoms with Crippen molar-refractivity contribution in [2.24, 2.45) is 5.92 Å². The molecule has 5 nitrogen and oxygen atoms in total. The average Bonchev–Trinajstić information content (AvgIpc) is 3.02. The molecule has 0 saturated carbocycles. The van der Waals surface area contributed by atoms with Crippen LogP contribution < -0.4 is 10.6 Å². The van der Waals surface area contributed by atoms with E-state index in [1.54, 1.807) is 0 Å². The summed E-state index contributed by atoms with van der Waals surface area (Å²) in [4.78, 5) is 19.5. The van der Waals surface area contributed by atoms with Crippen LogP contribution in [0.4, 0.5) is 0 Å². The van der Waals surface area contributed by atoms with E-state index in [-0.39, 0.29) is 5.91 Å². The number of hydrogen-bond donors (Lipinski definition) is 2. The third-order valence-corrected chi connectivity index (χ3v) is 5.19. The SMILES string of the molecule is O=C(NC[C@@H]1CCCN1CC1CNC1)c1ccc2ccccc2n1. The Bertz CT molecular complexity index is 728. The Balaban J connectivity index is 1.36. The number of fused-ring (bicyclic) bond motifs is 1. The Morgan fingerprint density at radius 2 is 2.12 bits per heavy atom. The van der Waals surface area contributed by atoms with Crippen LogP contribution >= 0.6 is 0 Å². The van der Waals surface area contributed by atoms with Crippen molar-refractivity contribution < 1.29 is 4.79 Å². The lowest BCUT2D eigenvalue weighted by Crippen LogP contribution is -2.50. The second kappa shape index (κ2) is 6.87. The molecule has 2 aliphatic heterocycles. The van der Waals surface area contributed by atoms with E-state index in [1.165, 1.54) is 12.8 Å². The zero-order valence-electron chi connectivity index (χ0n) is 13.9. The lowest BCUT2D eigenvalue weighted by Gasteiger charge is -2.34. The number of aromatic nitrogens is 1. The molecule has 0 radical (unpaired) electrons. The number of likely N-dealkylation sites (tertiary alicyclic amines) is 1. The Hall–Kier alpha value is -1.98. The molecule has 24 heavy (non-hydrogen) atoms. The summed E-state index contributed by atoms with van der Waals surface area (Å²) in [5, 5.41) is 7.48. The molecule has 1 amide bonds. The molecular formula is C19H24N4O. The van der Waals surface area contributed by atoms with Crippen molar-refractivity contribution in [2.75, 3.05) is 32.7 Å². The quantitative estimate of drug-likeness (QED) is 0.878. The lowest BCUT2D eigenvalue weighted by molar-refractivity contribution is 0.0931. The summed E-state index contributed by atoms with van der Waals surface area (Å²) < 4.78 is 0. The third kappa shape index (κ3) is 3.28. The van der Waals surface area contributed by atoms with Crippen molar-refractivity contribution in [3.63, 3.8) is 0 Å². The summed E-state index contributed by atoms with van der Waals surface area (Å²) in [6.07, 6.45) is 2.40. The zero-order chi connectivity index (χ0) is 16.4. The van der Waals surface area contributed by atoms with Gasteiger partial charge in [0, 0.05) is 37.6 Å². The van der Waals surface area contributed by atoms with Crippen LogP contribution in [-0.4, -0.2) is 54.6 Å². The molecular weight excluding hydrogens is 300 g/mol. The summed E-state index contributed by atoms with van der Waals surface area (Å²) in [6, 6.07) is 12.1. The molecule has 0 bridgehead atoms. The van der Waals surface area contributed by atoms with Crippen molar-refractivity contribution in [3.8, 4) is 0 Å². The molecule has 3 heterocycles. The summed E-state index contributed by atoms with van der Waals surface area (Å²) in [6.45, 7) is 5.30. The fraction of sp³-hybridized carbons (Fsp3) is 0.474. The maximum Gasteiger partial charge on any atom is 0.269 e. The van der Waals surface area contributed by atoms with E-state index >= 15 is 0 Å². The number of amides is 1. The Morgan fingerprint density at radius 3 is 2.96 bits per heavy atom. The molecule has 1 aromatic carbocycles. The Kier molecular flexibility index (Phi) is 4.45. The molecule has 0 spiro atoms. The maximum absolute atomic E-state index is 12.4. The van der Waals surface area contributed by atoms with Crippen LogP contribution in [0.1, 0.15) is 23.3 Å². The highest BCUT2D eigenvalue weighted by Gasteiger charge is 2.29. The second-order valence-corrected chi connectivity index (χ2v) is 6.91. The fourth-order valence-electron chi connectivity index (χ4n) is 3.67. The first kappa shape index (κ1) is 15.5. The van der Waals surface area contributed by atoms with E-state index in [1.807, 2.05) is 36.4 Å². The normalized spacial score (nSPS) is 21.8. The van der Waals surface area contributed by atoms with Crippen molar-refractivity contribution in [3.05, 3.63) is 42.1 Å². The molecule has 2 N–H and O–H groups in total. The lowest BCUT2D eigenvalue weighted by atomic mass is 10.0. The predicted molar refractivity (Wildman–Crippen MR) is 95.0 cm³/mol. The molecule has 1 atom stereocenters. The van der Waals surface area contributed by atoms with Gasteiger partial charge >= 0.3 is 0 Å². The molecule has 126 valence electrons. The molecule has 5 heteroatoms. The first-order chi connectivity index (χ1) is 11.8. The maximum atomic E-state index is 12.4. The smallest absolute Gasteiger partial charge is 0.269 e. The highest BCUT2D eigenvalue weighted by molar-refractivity contribution is 5.94. The summed E-state index contributed by atoms with van der Waals surface area (Å²) in [5.74, 6) is 0.710. The van der Waals surface area contributed by atoms with E-state index in [0.29, 0.717) is 18.3 Å². The van der Waals surface area contributed by atoms with Crippen LogP contribution in [-0.2, 0) is 0 Å². The van der Waals surface area contributed by atoms with Gasteiger partial charge in [-0.15, -0.1) is 0 Å². The number of rotatable bonds is 5. The summed E-state index contributed by atoms with van der Waals surface area (Å²) >= 11 is 0. The van der Waals surface area contributed by atoms with E-state index in [4.69, 9.17) is 0 Å². The van der Waals surface area contributed by atoms with Crippen molar-refractivity contribution in [2.45, 2.75) is 18.9 Å².